The topological polar surface area (TPSA) is 31.2 Å². The highest BCUT2D eigenvalue weighted by Gasteiger charge is 2.11. The molecule has 0 saturated heterocycles. The highest BCUT2D eigenvalue weighted by Crippen LogP contribution is 2.29. The number of rotatable bonds is 4. The Morgan fingerprint density at radius 1 is 1.17 bits per heavy atom. The van der Waals surface area contributed by atoms with Crippen LogP contribution in [-0.4, -0.2) is 17.5 Å². The number of nitrogens with zero attached hydrogens (tertiary/aromatic N) is 1. The smallest absolute Gasteiger partial charge is 0.185 e. The number of carbonyl (C=O) groups excluding carboxylic acids is 1. The molecule has 0 fully saturated rings. The average molecular weight is 384 g/mol. The van der Waals surface area contributed by atoms with E-state index in [0.717, 1.165) is 32.4 Å². The highest BCUT2D eigenvalue weighted by atomic mass is 79.9. The summed E-state index contributed by atoms with van der Waals surface area (Å²) in [5, 5.41) is 1.08. The van der Waals surface area contributed by atoms with Crippen LogP contribution in [-0.2, 0) is 7.05 Å². The highest BCUT2D eigenvalue weighted by molar-refractivity contribution is 9.10. The van der Waals surface area contributed by atoms with E-state index in [4.69, 9.17) is 4.74 Å². The van der Waals surface area contributed by atoms with Crippen molar-refractivity contribution in [1.82, 2.24) is 4.57 Å². The number of aromatic nitrogens is 1. The van der Waals surface area contributed by atoms with Gasteiger partial charge in [-0.2, -0.15) is 0 Å². The number of allylic oxidation sites excluding steroid dienone is 1. The van der Waals surface area contributed by atoms with Gasteiger partial charge in [0.2, 0.25) is 0 Å². The zero-order chi connectivity index (χ0) is 17.3. The fourth-order valence-electron chi connectivity index (χ4n) is 2.79. The van der Waals surface area contributed by atoms with Crippen molar-refractivity contribution in [1.29, 1.82) is 0 Å². The fraction of sp³-hybridized carbons (Fsp3) is 0.150. The zero-order valence-corrected chi connectivity index (χ0v) is 15.4. The van der Waals surface area contributed by atoms with Crippen LogP contribution in [0.3, 0.4) is 0 Å². The summed E-state index contributed by atoms with van der Waals surface area (Å²) in [5.41, 5.74) is 3.93. The third-order valence-corrected chi connectivity index (χ3v) is 4.81. The lowest BCUT2D eigenvalue weighted by molar-refractivity contribution is 0.104. The molecule has 0 spiro atoms. The predicted molar refractivity (Wildman–Crippen MR) is 102 cm³/mol. The number of fused-ring (bicyclic) bond motifs is 1. The summed E-state index contributed by atoms with van der Waals surface area (Å²) in [5.74, 6) is 0.795. The molecule has 24 heavy (non-hydrogen) atoms. The molecular weight excluding hydrogens is 366 g/mol. The molecule has 4 heteroatoms. The van der Waals surface area contributed by atoms with Gasteiger partial charge in [0.1, 0.15) is 5.75 Å². The molecule has 0 atom stereocenters. The number of halogens is 1. The number of hydrogen-bond donors (Lipinski definition) is 0. The first-order chi connectivity index (χ1) is 11.5. The van der Waals surface area contributed by atoms with E-state index in [1.807, 2.05) is 55.6 Å². The van der Waals surface area contributed by atoms with Crippen LogP contribution < -0.4 is 4.74 Å². The van der Waals surface area contributed by atoms with Crippen molar-refractivity contribution in [3.8, 4) is 5.75 Å². The minimum absolute atomic E-state index is 0.0122. The van der Waals surface area contributed by atoms with Crippen molar-refractivity contribution in [2.24, 2.45) is 7.05 Å². The van der Waals surface area contributed by atoms with Gasteiger partial charge in [-0.1, -0.05) is 15.9 Å². The van der Waals surface area contributed by atoms with E-state index < -0.39 is 0 Å². The lowest BCUT2D eigenvalue weighted by Gasteiger charge is -2.01. The van der Waals surface area contributed by atoms with Gasteiger partial charge in [-0.25, -0.2) is 0 Å². The van der Waals surface area contributed by atoms with Gasteiger partial charge in [0.05, 0.1) is 7.11 Å². The van der Waals surface area contributed by atoms with Crippen molar-refractivity contribution in [2.75, 3.05) is 7.11 Å². The molecule has 2 aromatic carbocycles. The first kappa shape index (κ1) is 16.5. The lowest BCUT2D eigenvalue weighted by Crippen LogP contribution is -1.94. The summed E-state index contributed by atoms with van der Waals surface area (Å²) in [6.45, 7) is 2.05. The molecule has 0 amide bonds. The number of ketones is 1. The first-order valence-electron chi connectivity index (χ1n) is 7.62. The third-order valence-electron chi connectivity index (χ3n) is 4.28. The maximum Gasteiger partial charge on any atom is 0.185 e. The van der Waals surface area contributed by atoms with Crippen LogP contribution in [0.1, 0.15) is 21.6 Å². The van der Waals surface area contributed by atoms with Crippen molar-refractivity contribution < 1.29 is 9.53 Å². The Kier molecular flexibility index (Phi) is 4.58. The summed E-state index contributed by atoms with van der Waals surface area (Å²) in [7, 11) is 3.68. The van der Waals surface area contributed by atoms with Crippen molar-refractivity contribution in [2.45, 2.75) is 6.92 Å². The predicted octanol–water partition coefficient (Wildman–Crippen LogP) is 5.15. The second kappa shape index (κ2) is 6.65. The molecule has 0 unspecified atom stereocenters. The van der Waals surface area contributed by atoms with Crippen LogP contribution in [0.25, 0.3) is 17.0 Å². The summed E-state index contributed by atoms with van der Waals surface area (Å²) in [4.78, 5) is 12.4. The van der Waals surface area contributed by atoms with Crippen LogP contribution in [0.4, 0.5) is 0 Å². The van der Waals surface area contributed by atoms with E-state index in [1.165, 1.54) is 0 Å². The van der Waals surface area contributed by atoms with Gasteiger partial charge in [0, 0.05) is 39.2 Å². The molecule has 1 aromatic heterocycles. The molecular formula is C20H18BrNO2. The molecule has 3 aromatic rings. The van der Waals surface area contributed by atoms with Gasteiger partial charge in [-0.3, -0.25) is 4.79 Å². The molecule has 0 aliphatic rings. The van der Waals surface area contributed by atoms with Crippen LogP contribution in [0.5, 0.6) is 5.75 Å². The van der Waals surface area contributed by atoms with Gasteiger partial charge in [0.15, 0.2) is 5.78 Å². The standard InChI is InChI=1S/C20H18BrNO2/c1-13-17(9-11-20(23)14-4-6-15(21)7-5-14)18-12-16(24-3)8-10-19(18)22(13)2/h4-12H,1-3H3. The Bertz CT molecular complexity index is 936. The van der Waals surface area contributed by atoms with Crippen LogP contribution in [0, 0.1) is 6.92 Å². The SMILES string of the molecule is COc1ccc2c(c1)c(C=CC(=O)c1ccc(Br)cc1)c(C)n2C. The van der Waals surface area contributed by atoms with Crippen LogP contribution in [0.2, 0.25) is 0 Å². The van der Waals surface area contributed by atoms with Gasteiger partial charge in [-0.15, -0.1) is 0 Å². The number of benzene rings is 2. The zero-order valence-electron chi connectivity index (χ0n) is 13.8. The van der Waals surface area contributed by atoms with Crippen molar-refractivity contribution in [3.63, 3.8) is 0 Å². The minimum Gasteiger partial charge on any atom is -0.497 e. The van der Waals surface area contributed by atoms with Crippen molar-refractivity contribution >= 4 is 38.7 Å². The first-order valence-corrected chi connectivity index (χ1v) is 8.41. The molecule has 0 bridgehead atoms. The van der Waals surface area contributed by atoms with E-state index in [2.05, 4.69) is 27.4 Å². The Labute approximate surface area is 149 Å². The Hall–Kier alpha value is -2.33. The molecule has 1 heterocycles. The minimum atomic E-state index is -0.0122. The monoisotopic (exact) mass is 383 g/mol. The summed E-state index contributed by atoms with van der Waals surface area (Å²) < 4.78 is 8.41. The number of methoxy groups -OCH3 is 1. The molecule has 0 saturated carbocycles. The quantitative estimate of drug-likeness (QED) is 0.460. The maximum absolute atomic E-state index is 12.4. The number of aryl methyl sites for hydroxylation is 1. The average Bonchev–Trinajstić information content (AvgIpc) is 2.84. The van der Waals surface area contributed by atoms with Gasteiger partial charge in [0.25, 0.3) is 0 Å². The Balaban J connectivity index is 2.01. The maximum atomic E-state index is 12.4. The number of hydrogen-bond acceptors (Lipinski definition) is 2. The summed E-state index contributed by atoms with van der Waals surface area (Å²) in [6, 6.07) is 13.4. The number of ether oxygens (including phenoxy) is 1. The molecule has 0 aliphatic carbocycles. The second-order valence-corrected chi connectivity index (χ2v) is 6.56. The van der Waals surface area contributed by atoms with Crippen LogP contribution >= 0.6 is 15.9 Å². The van der Waals surface area contributed by atoms with E-state index in [0.29, 0.717) is 5.56 Å². The van der Waals surface area contributed by atoms with Crippen LogP contribution in [0.15, 0.2) is 53.0 Å². The molecule has 3 nitrogen and oxygen atoms in total. The Morgan fingerprint density at radius 3 is 2.54 bits per heavy atom. The second-order valence-electron chi connectivity index (χ2n) is 5.65. The molecule has 0 radical (unpaired) electrons. The van der Waals surface area contributed by atoms with E-state index in [1.54, 1.807) is 13.2 Å². The summed E-state index contributed by atoms with van der Waals surface area (Å²) in [6.07, 6.45) is 3.52. The van der Waals surface area contributed by atoms with E-state index in [-0.39, 0.29) is 5.78 Å². The van der Waals surface area contributed by atoms with Gasteiger partial charge < -0.3 is 9.30 Å². The van der Waals surface area contributed by atoms with E-state index in [9.17, 15) is 4.79 Å². The Morgan fingerprint density at radius 2 is 1.88 bits per heavy atom. The molecule has 122 valence electrons. The third kappa shape index (κ3) is 3.02. The van der Waals surface area contributed by atoms with Crippen molar-refractivity contribution in [3.05, 3.63) is 69.8 Å². The molecule has 0 aliphatic heterocycles. The number of carbonyl (C=O) groups is 1. The normalized spacial score (nSPS) is 11.3. The molecule has 3 rings (SSSR count). The van der Waals surface area contributed by atoms with Gasteiger partial charge in [-0.05, 0) is 61.5 Å². The summed E-state index contributed by atoms with van der Waals surface area (Å²) >= 11 is 3.38. The lowest BCUT2D eigenvalue weighted by atomic mass is 10.1. The van der Waals surface area contributed by atoms with E-state index >= 15 is 0 Å². The van der Waals surface area contributed by atoms with Gasteiger partial charge >= 0.3 is 0 Å². The molecule has 0 N–H and O–H groups in total. The fourth-order valence-corrected chi connectivity index (χ4v) is 3.05. The largest absolute Gasteiger partial charge is 0.497 e.